The molecule has 2 aromatic heterocycles. The molecule has 0 aliphatic carbocycles. The van der Waals surface area contributed by atoms with Gasteiger partial charge in [-0.2, -0.15) is 0 Å². The van der Waals surface area contributed by atoms with Gasteiger partial charge < -0.3 is 13.7 Å². The highest BCUT2D eigenvalue weighted by Crippen LogP contribution is 2.47. The van der Waals surface area contributed by atoms with Crippen LogP contribution in [0.3, 0.4) is 0 Å². The fraction of sp³-hybridized carbons (Fsp3) is 0. The third-order valence-corrected chi connectivity index (χ3v) is 10.9. The number of rotatable bonds is 6. The van der Waals surface area contributed by atoms with Gasteiger partial charge in [0.1, 0.15) is 22.3 Å². The molecule has 0 spiro atoms. The number of furan rings is 2. The molecule has 0 atom stereocenters. The molecule has 0 unspecified atom stereocenters. The minimum atomic E-state index is 0.876. The summed E-state index contributed by atoms with van der Waals surface area (Å²) in [6.07, 6.45) is 0. The Morgan fingerprint density at radius 3 is 1.55 bits per heavy atom. The monoisotopic (exact) mass is 703 g/mol. The summed E-state index contributed by atoms with van der Waals surface area (Å²) >= 11 is 0. The van der Waals surface area contributed by atoms with Gasteiger partial charge in [0.05, 0.1) is 5.69 Å². The predicted molar refractivity (Wildman–Crippen MR) is 229 cm³/mol. The molecule has 3 nitrogen and oxygen atoms in total. The quantitative estimate of drug-likeness (QED) is 0.173. The van der Waals surface area contributed by atoms with Crippen molar-refractivity contribution < 1.29 is 8.83 Å². The van der Waals surface area contributed by atoms with E-state index in [1.807, 2.05) is 12.1 Å². The molecule has 9 aromatic carbocycles. The summed E-state index contributed by atoms with van der Waals surface area (Å²) in [7, 11) is 0. The van der Waals surface area contributed by atoms with E-state index in [9.17, 15) is 0 Å². The van der Waals surface area contributed by atoms with Gasteiger partial charge in [-0.25, -0.2) is 0 Å². The molecule has 0 saturated carbocycles. The zero-order chi connectivity index (χ0) is 36.3. The standard InChI is InChI=1S/C52H33NO2/c1-3-13-34(14-4-1)35-25-29-38(30-26-35)53(39-31-27-37(28-32-39)41-21-11-22-45-43-18-9-10-23-48(43)54-51(41)45)47-33-46-50-40(36-15-5-2-6-16-36)20-12-24-49(50)55-52(46)44-19-8-7-17-42(44)47/h1-33H. The number of hydrogen-bond acceptors (Lipinski definition) is 3. The van der Waals surface area contributed by atoms with E-state index in [4.69, 9.17) is 8.83 Å². The van der Waals surface area contributed by atoms with Crippen molar-refractivity contribution in [2.75, 3.05) is 4.90 Å². The summed E-state index contributed by atoms with van der Waals surface area (Å²) in [6.45, 7) is 0. The van der Waals surface area contributed by atoms with Crippen LogP contribution >= 0.6 is 0 Å². The average Bonchev–Trinajstić information content (AvgIpc) is 3.84. The Bertz CT molecular complexity index is 3180. The van der Waals surface area contributed by atoms with E-state index in [0.29, 0.717) is 0 Å². The Balaban J connectivity index is 1.13. The Hall–Kier alpha value is -7.36. The lowest BCUT2D eigenvalue weighted by Gasteiger charge is -2.27. The first-order chi connectivity index (χ1) is 27.3. The molecule has 0 saturated heterocycles. The lowest BCUT2D eigenvalue weighted by Crippen LogP contribution is -2.10. The lowest BCUT2D eigenvalue weighted by atomic mass is 9.97. The van der Waals surface area contributed by atoms with Crippen molar-refractivity contribution in [3.8, 4) is 33.4 Å². The number of para-hydroxylation sites is 2. The third-order valence-electron chi connectivity index (χ3n) is 10.9. The smallest absolute Gasteiger partial charge is 0.143 e. The van der Waals surface area contributed by atoms with Crippen molar-refractivity contribution in [1.82, 2.24) is 0 Å². The summed E-state index contributed by atoms with van der Waals surface area (Å²) in [5.41, 5.74) is 13.6. The fourth-order valence-electron chi connectivity index (χ4n) is 8.30. The van der Waals surface area contributed by atoms with Crippen LogP contribution < -0.4 is 4.90 Å². The second-order valence-corrected chi connectivity index (χ2v) is 14.0. The summed E-state index contributed by atoms with van der Waals surface area (Å²) in [5.74, 6) is 0. The highest BCUT2D eigenvalue weighted by molar-refractivity contribution is 6.22. The van der Waals surface area contributed by atoms with E-state index in [0.717, 1.165) is 94.0 Å². The van der Waals surface area contributed by atoms with Crippen LogP contribution in [0.5, 0.6) is 0 Å². The van der Waals surface area contributed by atoms with Crippen LogP contribution in [0.2, 0.25) is 0 Å². The summed E-state index contributed by atoms with van der Waals surface area (Å²) < 4.78 is 13.2. The van der Waals surface area contributed by atoms with Crippen molar-refractivity contribution in [3.05, 3.63) is 200 Å². The largest absolute Gasteiger partial charge is 0.455 e. The number of anilines is 3. The molecule has 3 heteroatoms. The average molecular weight is 704 g/mol. The molecule has 0 amide bonds. The third kappa shape index (κ3) is 5.13. The maximum absolute atomic E-state index is 6.73. The van der Waals surface area contributed by atoms with E-state index in [1.54, 1.807) is 0 Å². The van der Waals surface area contributed by atoms with Crippen LogP contribution in [0.1, 0.15) is 0 Å². The SMILES string of the molecule is c1ccc(-c2ccc(N(c3ccc(-c4cccc5c4oc4ccccc45)cc3)c3cc4c(oc5cccc(-c6ccccc6)c54)c4ccccc34)cc2)cc1. The fourth-order valence-corrected chi connectivity index (χ4v) is 8.30. The van der Waals surface area contributed by atoms with E-state index in [2.05, 4.69) is 193 Å². The zero-order valence-electron chi connectivity index (χ0n) is 29.8. The molecule has 11 rings (SSSR count). The number of fused-ring (bicyclic) bond motifs is 8. The molecule has 55 heavy (non-hydrogen) atoms. The topological polar surface area (TPSA) is 29.5 Å². The Kier molecular flexibility index (Phi) is 7.17. The molecule has 258 valence electrons. The highest BCUT2D eigenvalue weighted by Gasteiger charge is 2.22. The zero-order valence-corrected chi connectivity index (χ0v) is 29.8. The molecule has 2 heterocycles. The molecule has 0 radical (unpaired) electrons. The first kappa shape index (κ1) is 31.2. The molecular formula is C52H33NO2. The molecule has 0 N–H and O–H groups in total. The Morgan fingerprint density at radius 1 is 0.309 bits per heavy atom. The van der Waals surface area contributed by atoms with Crippen LogP contribution in [0.15, 0.2) is 209 Å². The molecule has 0 bridgehead atoms. The van der Waals surface area contributed by atoms with Crippen molar-refractivity contribution in [1.29, 1.82) is 0 Å². The van der Waals surface area contributed by atoms with Gasteiger partial charge in [-0.1, -0.05) is 158 Å². The first-order valence-corrected chi connectivity index (χ1v) is 18.7. The Morgan fingerprint density at radius 2 is 0.800 bits per heavy atom. The van der Waals surface area contributed by atoms with Crippen molar-refractivity contribution in [2.45, 2.75) is 0 Å². The molecule has 11 aromatic rings. The second-order valence-electron chi connectivity index (χ2n) is 14.0. The maximum atomic E-state index is 6.73. The van der Waals surface area contributed by atoms with Gasteiger partial charge in [-0.3, -0.25) is 0 Å². The second kappa shape index (κ2) is 12.6. The molecule has 0 aliphatic rings. The van der Waals surface area contributed by atoms with E-state index in [-0.39, 0.29) is 0 Å². The van der Waals surface area contributed by atoms with Crippen LogP contribution in [-0.2, 0) is 0 Å². The summed E-state index contributed by atoms with van der Waals surface area (Å²) in [5, 5.41) is 6.64. The van der Waals surface area contributed by atoms with Crippen LogP contribution in [0.25, 0.3) is 88.0 Å². The van der Waals surface area contributed by atoms with Gasteiger partial charge in [-0.05, 0) is 70.3 Å². The molecular weight excluding hydrogens is 671 g/mol. The van der Waals surface area contributed by atoms with E-state index >= 15 is 0 Å². The van der Waals surface area contributed by atoms with Crippen molar-refractivity contribution in [3.63, 3.8) is 0 Å². The van der Waals surface area contributed by atoms with Gasteiger partial charge in [0.2, 0.25) is 0 Å². The summed E-state index contributed by atoms with van der Waals surface area (Å²) in [6, 6.07) is 70.9. The van der Waals surface area contributed by atoms with Gasteiger partial charge in [0.25, 0.3) is 0 Å². The van der Waals surface area contributed by atoms with Crippen molar-refractivity contribution >= 4 is 71.7 Å². The van der Waals surface area contributed by atoms with E-state index < -0.39 is 0 Å². The van der Waals surface area contributed by atoms with Crippen LogP contribution in [-0.4, -0.2) is 0 Å². The first-order valence-electron chi connectivity index (χ1n) is 18.7. The number of hydrogen-bond donors (Lipinski definition) is 0. The summed E-state index contributed by atoms with van der Waals surface area (Å²) in [4.78, 5) is 2.38. The van der Waals surface area contributed by atoms with Gasteiger partial charge in [-0.15, -0.1) is 0 Å². The Labute approximate surface area is 317 Å². The predicted octanol–water partition coefficient (Wildman–Crippen LogP) is 15.1. The molecule has 0 fully saturated rings. The van der Waals surface area contributed by atoms with Gasteiger partial charge in [0.15, 0.2) is 0 Å². The minimum absolute atomic E-state index is 0.876. The van der Waals surface area contributed by atoms with Crippen molar-refractivity contribution in [2.24, 2.45) is 0 Å². The molecule has 0 aliphatic heterocycles. The van der Waals surface area contributed by atoms with E-state index in [1.165, 1.54) is 11.1 Å². The minimum Gasteiger partial charge on any atom is -0.455 e. The lowest BCUT2D eigenvalue weighted by molar-refractivity contribution is 0.670. The van der Waals surface area contributed by atoms with Crippen LogP contribution in [0, 0.1) is 0 Å². The van der Waals surface area contributed by atoms with Crippen LogP contribution in [0.4, 0.5) is 17.1 Å². The maximum Gasteiger partial charge on any atom is 0.143 e. The number of nitrogens with zero attached hydrogens (tertiary/aromatic N) is 1. The van der Waals surface area contributed by atoms with Gasteiger partial charge >= 0.3 is 0 Å². The normalized spacial score (nSPS) is 11.6. The number of benzene rings is 9. The highest BCUT2D eigenvalue weighted by atomic mass is 16.3. The van der Waals surface area contributed by atoms with Gasteiger partial charge in [0, 0.05) is 49.3 Å².